The molecule has 1 aromatic rings. The Morgan fingerprint density at radius 3 is 2.84 bits per heavy atom. The van der Waals surface area contributed by atoms with E-state index in [0.717, 1.165) is 6.54 Å². The van der Waals surface area contributed by atoms with Gasteiger partial charge < -0.3 is 15.4 Å². The third kappa shape index (κ3) is 4.60. The molecule has 0 aliphatic carbocycles. The van der Waals surface area contributed by atoms with Crippen LogP contribution >= 0.6 is 0 Å². The van der Waals surface area contributed by atoms with Crippen molar-refractivity contribution in [2.45, 2.75) is 51.4 Å². The van der Waals surface area contributed by atoms with Crippen LogP contribution in [0.1, 0.15) is 37.3 Å². The molecule has 0 radical (unpaired) electrons. The Morgan fingerprint density at radius 1 is 1.37 bits per heavy atom. The van der Waals surface area contributed by atoms with Crippen LogP contribution in [-0.4, -0.2) is 25.7 Å². The summed E-state index contributed by atoms with van der Waals surface area (Å²) < 4.78 is 5.25. The third-order valence-electron chi connectivity index (χ3n) is 3.86. The molecule has 0 spiro atoms. The Bertz CT molecular complexity index is 375. The molecule has 106 valence electrons. The summed E-state index contributed by atoms with van der Waals surface area (Å²) in [5.41, 5.74) is 2.62. The number of ether oxygens (including phenoxy) is 1. The van der Waals surface area contributed by atoms with Crippen molar-refractivity contribution in [2.24, 2.45) is 0 Å². The Morgan fingerprint density at radius 2 is 2.16 bits per heavy atom. The van der Waals surface area contributed by atoms with Gasteiger partial charge in [-0.15, -0.1) is 0 Å². The highest BCUT2D eigenvalue weighted by Gasteiger charge is 2.16. The van der Waals surface area contributed by atoms with Crippen molar-refractivity contribution in [1.82, 2.24) is 10.6 Å². The molecule has 2 unspecified atom stereocenters. The lowest BCUT2D eigenvalue weighted by atomic mass is 10.1. The van der Waals surface area contributed by atoms with Crippen molar-refractivity contribution in [2.75, 3.05) is 13.7 Å². The van der Waals surface area contributed by atoms with Gasteiger partial charge in [-0.1, -0.05) is 24.3 Å². The minimum absolute atomic E-state index is 0.547. The van der Waals surface area contributed by atoms with E-state index in [4.69, 9.17) is 4.74 Å². The van der Waals surface area contributed by atoms with Gasteiger partial charge in [0.15, 0.2) is 0 Å². The molecule has 1 aromatic carbocycles. The quantitative estimate of drug-likeness (QED) is 0.792. The summed E-state index contributed by atoms with van der Waals surface area (Å²) in [6.45, 7) is 5.08. The van der Waals surface area contributed by atoms with E-state index in [1.165, 1.54) is 36.9 Å². The zero-order valence-electron chi connectivity index (χ0n) is 12.1. The smallest absolute Gasteiger partial charge is 0.0716 e. The summed E-state index contributed by atoms with van der Waals surface area (Å²) in [6.07, 6.45) is 3.87. The Kier molecular flexibility index (Phi) is 5.83. The fourth-order valence-electron chi connectivity index (χ4n) is 2.78. The van der Waals surface area contributed by atoms with Gasteiger partial charge in [-0.25, -0.2) is 0 Å². The predicted octanol–water partition coefficient (Wildman–Crippen LogP) is 2.45. The van der Waals surface area contributed by atoms with Crippen LogP contribution in [0.2, 0.25) is 0 Å². The minimum Gasteiger partial charge on any atom is -0.380 e. The third-order valence-corrected chi connectivity index (χ3v) is 3.86. The van der Waals surface area contributed by atoms with Crippen LogP contribution in [0.4, 0.5) is 0 Å². The summed E-state index contributed by atoms with van der Waals surface area (Å²) >= 11 is 0. The second kappa shape index (κ2) is 7.63. The zero-order valence-corrected chi connectivity index (χ0v) is 12.1. The lowest BCUT2D eigenvalue weighted by Gasteiger charge is -2.19. The monoisotopic (exact) mass is 262 g/mol. The average Bonchev–Trinajstić information content (AvgIpc) is 2.91. The van der Waals surface area contributed by atoms with E-state index in [1.54, 1.807) is 7.11 Å². The van der Waals surface area contributed by atoms with E-state index < -0.39 is 0 Å². The van der Waals surface area contributed by atoms with Gasteiger partial charge in [0, 0.05) is 25.7 Å². The van der Waals surface area contributed by atoms with Crippen LogP contribution in [0.15, 0.2) is 24.3 Å². The fourth-order valence-corrected chi connectivity index (χ4v) is 2.78. The molecule has 0 saturated carbocycles. The van der Waals surface area contributed by atoms with Gasteiger partial charge in [-0.3, -0.25) is 0 Å². The van der Waals surface area contributed by atoms with E-state index in [0.29, 0.717) is 18.7 Å². The van der Waals surface area contributed by atoms with Crippen LogP contribution in [0, 0.1) is 0 Å². The topological polar surface area (TPSA) is 33.3 Å². The molecule has 1 aliphatic rings. The van der Waals surface area contributed by atoms with Gasteiger partial charge in [0.2, 0.25) is 0 Å². The van der Waals surface area contributed by atoms with E-state index in [1.807, 2.05) is 0 Å². The summed E-state index contributed by atoms with van der Waals surface area (Å²) in [7, 11) is 1.75. The number of nitrogens with one attached hydrogen (secondary N) is 2. The molecule has 19 heavy (non-hydrogen) atoms. The molecule has 2 rings (SSSR count). The number of hydrogen-bond donors (Lipinski definition) is 2. The van der Waals surface area contributed by atoms with Crippen LogP contribution in [0.5, 0.6) is 0 Å². The zero-order chi connectivity index (χ0) is 13.5. The SMILES string of the molecule is COCc1ccccc1CNC(C)CC1CCCN1. The van der Waals surface area contributed by atoms with Gasteiger partial charge in [-0.05, 0) is 43.9 Å². The van der Waals surface area contributed by atoms with Crippen LogP contribution in [0.25, 0.3) is 0 Å². The number of rotatable bonds is 7. The van der Waals surface area contributed by atoms with Gasteiger partial charge in [0.1, 0.15) is 0 Å². The molecule has 3 heteroatoms. The van der Waals surface area contributed by atoms with Crippen molar-refractivity contribution in [3.8, 4) is 0 Å². The summed E-state index contributed by atoms with van der Waals surface area (Å²) in [5.74, 6) is 0. The van der Waals surface area contributed by atoms with Crippen molar-refractivity contribution in [3.05, 3.63) is 35.4 Å². The fraction of sp³-hybridized carbons (Fsp3) is 0.625. The Balaban J connectivity index is 1.80. The van der Waals surface area contributed by atoms with Gasteiger partial charge in [-0.2, -0.15) is 0 Å². The van der Waals surface area contributed by atoms with Crippen molar-refractivity contribution in [1.29, 1.82) is 0 Å². The largest absolute Gasteiger partial charge is 0.380 e. The maximum absolute atomic E-state index is 5.25. The van der Waals surface area contributed by atoms with Crippen LogP contribution in [-0.2, 0) is 17.9 Å². The second-order valence-electron chi connectivity index (χ2n) is 5.51. The first-order valence-electron chi connectivity index (χ1n) is 7.32. The van der Waals surface area contributed by atoms with Gasteiger partial charge in [0.05, 0.1) is 6.61 Å². The lowest BCUT2D eigenvalue weighted by Crippen LogP contribution is -2.33. The van der Waals surface area contributed by atoms with E-state index in [2.05, 4.69) is 41.8 Å². The highest BCUT2D eigenvalue weighted by Crippen LogP contribution is 2.13. The lowest BCUT2D eigenvalue weighted by molar-refractivity contribution is 0.184. The number of methoxy groups -OCH3 is 1. The molecule has 2 N–H and O–H groups in total. The van der Waals surface area contributed by atoms with Gasteiger partial charge in [0.25, 0.3) is 0 Å². The summed E-state index contributed by atoms with van der Waals surface area (Å²) in [6, 6.07) is 9.75. The first kappa shape index (κ1) is 14.5. The molecule has 3 nitrogen and oxygen atoms in total. The molecular weight excluding hydrogens is 236 g/mol. The minimum atomic E-state index is 0.547. The van der Waals surface area contributed by atoms with Crippen molar-refractivity contribution < 1.29 is 4.74 Å². The Labute approximate surface area is 116 Å². The second-order valence-corrected chi connectivity index (χ2v) is 5.51. The molecule has 1 saturated heterocycles. The van der Waals surface area contributed by atoms with E-state index in [9.17, 15) is 0 Å². The number of hydrogen-bond acceptors (Lipinski definition) is 3. The maximum atomic E-state index is 5.25. The van der Waals surface area contributed by atoms with Crippen molar-refractivity contribution >= 4 is 0 Å². The maximum Gasteiger partial charge on any atom is 0.0716 e. The molecule has 1 aliphatic heterocycles. The first-order chi connectivity index (χ1) is 9.29. The highest BCUT2D eigenvalue weighted by molar-refractivity contribution is 5.26. The molecule has 2 atom stereocenters. The molecule has 1 heterocycles. The summed E-state index contributed by atoms with van der Waals surface area (Å²) in [5, 5.41) is 7.19. The van der Waals surface area contributed by atoms with E-state index in [-0.39, 0.29) is 0 Å². The molecule has 0 bridgehead atoms. The summed E-state index contributed by atoms with van der Waals surface area (Å²) in [4.78, 5) is 0. The molecule has 0 aromatic heterocycles. The van der Waals surface area contributed by atoms with Crippen LogP contribution < -0.4 is 10.6 Å². The van der Waals surface area contributed by atoms with Crippen molar-refractivity contribution in [3.63, 3.8) is 0 Å². The normalized spacial score (nSPS) is 20.6. The van der Waals surface area contributed by atoms with Crippen LogP contribution in [0.3, 0.4) is 0 Å². The standard InChI is InChI=1S/C16H26N2O/c1-13(10-16-8-5-9-17-16)18-11-14-6-3-4-7-15(14)12-19-2/h3-4,6-7,13,16-18H,5,8-12H2,1-2H3. The first-order valence-corrected chi connectivity index (χ1v) is 7.32. The highest BCUT2D eigenvalue weighted by atomic mass is 16.5. The Hall–Kier alpha value is -0.900. The predicted molar refractivity (Wildman–Crippen MR) is 79.1 cm³/mol. The molecule has 1 fully saturated rings. The number of benzene rings is 1. The average molecular weight is 262 g/mol. The molecule has 0 amide bonds. The molecular formula is C16H26N2O. The van der Waals surface area contributed by atoms with Gasteiger partial charge >= 0.3 is 0 Å². The van der Waals surface area contributed by atoms with E-state index >= 15 is 0 Å².